The molecule has 2 aliphatic heterocycles. The summed E-state index contributed by atoms with van der Waals surface area (Å²) in [7, 11) is 0. The lowest BCUT2D eigenvalue weighted by Crippen LogP contribution is -2.56. The van der Waals surface area contributed by atoms with Crippen LogP contribution in [0.5, 0.6) is 0 Å². The molecular formula is C7H11NO2. The summed E-state index contributed by atoms with van der Waals surface area (Å²) in [5.74, 6) is 0.238. The summed E-state index contributed by atoms with van der Waals surface area (Å²) in [5, 5.41) is 12.1. The van der Waals surface area contributed by atoms with Crippen molar-refractivity contribution in [2.24, 2.45) is 5.92 Å². The van der Waals surface area contributed by atoms with E-state index in [0.29, 0.717) is 6.42 Å². The van der Waals surface area contributed by atoms with Crippen LogP contribution < -0.4 is 5.32 Å². The molecule has 2 saturated heterocycles. The highest BCUT2D eigenvalue weighted by Gasteiger charge is 2.39. The van der Waals surface area contributed by atoms with Crippen LogP contribution in [0.4, 0.5) is 0 Å². The molecule has 3 nitrogen and oxygen atoms in total. The van der Waals surface area contributed by atoms with Gasteiger partial charge in [-0.25, -0.2) is 0 Å². The Kier molecular flexibility index (Phi) is 1.20. The van der Waals surface area contributed by atoms with Crippen molar-refractivity contribution in [2.45, 2.75) is 31.4 Å². The van der Waals surface area contributed by atoms with E-state index < -0.39 is 0 Å². The van der Waals surface area contributed by atoms with Crippen LogP contribution in [0.1, 0.15) is 19.3 Å². The number of hydrogen-bond donors (Lipinski definition) is 2. The van der Waals surface area contributed by atoms with Crippen LogP contribution in [-0.4, -0.2) is 23.2 Å². The SMILES string of the molecule is O=C1NC2CCC1CC2O. The summed E-state index contributed by atoms with van der Waals surface area (Å²) in [6, 6.07) is 0.0532. The van der Waals surface area contributed by atoms with Crippen molar-refractivity contribution < 1.29 is 9.90 Å². The predicted molar refractivity (Wildman–Crippen MR) is 35.3 cm³/mol. The second-order valence-electron chi connectivity index (χ2n) is 3.19. The van der Waals surface area contributed by atoms with Crippen LogP contribution >= 0.6 is 0 Å². The van der Waals surface area contributed by atoms with Crippen LogP contribution in [-0.2, 0) is 4.79 Å². The number of aliphatic hydroxyl groups is 1. The van der Waals surface area contributed by atoms with Gasteiger partial charge in [0.2, 0.25) is 5.91 Å². The molecule has 56 valence electrons. The van der Waals surface area contributed by atoms with Crippen LogP contribution in [0.2, 0.25) is 0 Å². The second-order valence-corrected chi connectivity index (χ2v) is 3.19. The zero-order chi connectivity index (χ0) is 7.14. The van der Waals surface area contributed by atoms with Crippen molar-refractivity contribution in [1.29, 1.82) is 0 Å². The Morgan fingerprint density at radius 3 is 2.60 bits per heavy atom. The molecule has 3 unspecified atom stereocenters. The van der Waals surface area contributed by atoms with E-state index in [1.54, 1.807) is 0 Å². The van der Waals surface area contributed by atoms with E-state index in [0.717, 1.165) is 12.8 Å². The van der Waals surface area contributed by atoms with Crippen molar-refractivity contribution in [3.63, 3.8) is 0 Å². The lowest BCUT2D eigenvalue weighted by atomic mass is 9.79. The first-order valence-electron chi connectivity index (χ1n) is 3.76. The predicted octanol–water partition coefficient (Wildman–Crippen LogP) is -0.354. The van der Waals surface area contributed by atoms with Crippen molar-refractivity contribution >= 4 is 5.91 Å². The number of carbonyl (C=O) groups excluding carboxylic acids is 1. The van der Waals surface area contributed by atoms with Gasteiger partial charge in [0, 0.05) is 5.92 Å². The molecule has 0 spiro atoms. The lowest BCUT2D eigenvalue weighted by molar-refractivity contribution is -0.135. The van der Waals surface area contributed by atoms with Crippen molar-refractivity contribution in [3.8, 4) is 0 Å². The van der Waals surface area contributed by atoms with Gasteiger partial charge < -0.3 is 10.4 Å². The third-order valence-corrected chi connectivity index (χ3v) is 2.52. The average Bonchev–Trinajstić information content (AvgIpc) is 1.91. The van der Waals surface area contributed by atoms with Gasteiger partial charge in [-0.3, -0.25) is 4.79 Å². The third-order valence-electron chi connectivity index (χ3n) is 2.52. The molecule has 0 aromatic carbocycles. The fourth-order valence-electron chi connectivity index (χ4n) is 1.85. The fraction of sp³-hybridized carbons (Fsp3) is 0.857. The minimum Gasteiger partial charge on any atom is -0.391 e. The Hall–Kier alpha value is -0.570. The molecule has 3 atom stereocenters. The largest absolute Gasteiger partial charge is 0.391 e. The van der Waals surface area contributed by atoms with E-state index in [4.69, 9.17) is 0 Å². The highest BCUT2D eigenvalue weighted by Crippen LogP contribution is 2.29. The molecule has 1 amide bonds. The second kappa shape index (κ2) is 1.95. The van der Waals surface area contributed by atoms with E-state index in [-0.39, 0.29) is 24.0 Å². The van der Waals surface area contributed by atoms with Gasteiger partial charge >= 0.3 is 0 Å². The van der Waals surface area contributed by atoms with Gasteiger partial charge in [0.25, 0.3) is 0 Å². The Morgan fingerprint density at radius 1 is 1.50 bits per heavy atom. The number of carbonyl (C=O) groups is 1. The molecule has 1 aliphatic carbocycles. The van der Waals surface area contributed by atoms with Crippen LogP contribution in [0.3, 0.4) is 0 Å². The Labute approximate surface area is 59.4 Å². The van der Waals surface area contributed by atoms with Gasteiger partial charge in [-0.15, -0.1) is 0 Å². The summed E-state index contributed by atoms with van der Waals surface area (Å²) in [4.78, 5) is 11.0. The fourth-order valence-corrected chi connectivity index (χ4v) is 1.85. The van der Waals surface area contributed by atoms with E-state index in [1.807, 2.05) is 0 Å². The maximum atomic E-state index is 11.0. The molecule has 2 bridgehead atoms. The number of nitrogens with one attached hydrogen (secondary N) is 1. The normalized spacial score (nSPS) is 45.3. The molecule has 1 saturated carbocycles. The van der Waals surface area contributed by atoms with Crippen molar-refractivity contribution in [2.75, 3.05) is 0 Å². The zero-order valence-corrected chi connectivity index (χ0v) is 5.71. The molecule has 2 N–H and O–H groups in total. The minimum absolute atomic E-state index is 0.0532. The van der Waals surface area contributed by atoms with Crippen molar-refractivity contribution in [3.05, 3.63) is 0 Å². The minimum atomic E-state index is -0.281. The number of hydrogen-bond acceptors (Lipinski definition) is 2. The topological polar surface area (TPSA) is 49.3 Å². The number of fused-ring (bicyclic) bond motifs is 3. The van der Waals surface area contributed by atoms with Gasteiger partial charge in [-0.05, 0) is 19.3 Å². The molecule has 0 aromatic heterocycles. The molecule has 3 fully saturated rings. The van der Waals surface area contributed by atoms with Crippen LogP contribution in [0, 0.1) is 5.92 Å². The molecule has 3 rings (SSSR count). The standard InChI is InChI=1S/C7H11NO2/c9-6-3-4-1-2-5(6)8-7(4)10/h4-6,9H,1-3H2,(H,8,10). The maximum absolute atomic E-state index is 11.0. The van der Waals surface area contributed by atoms with E-state index in [2.05, 4.69) is 5.32 Å². The monoisotopic (exact) mass is 141 g/mol. The van der Waals surface area contributed by atoms with Gasteiger partial charge in [0.05, 0.1) is 12.1 Å². The molecule has 10 heavy (non-hydrogen) atoms. The Morgan fingerprint density at radius 2 is 2.30 bits per heavy atom. The molecular weight excluding hydrogens is 130 g/mol. The number of aliphatic hydroxyl groups excluding tert-OH is 1. The molecule has 0 radical (unpaired) electrons. The molecule has 3 aliphatic rings. The molecule has 2 heterocycles. The highest BCUT2D eigenvalue weighted by molar-refractivity contribution is 5.80. The summed E-state index contributed by atoms with van der Waals surface area (Å²) < 4.78 is 0. The first kappa shape index (κ1) is 6.16. The van der Waals surface area contributed by atoms with Crippen molar-refractivity contribution in [1.82, 2.24) is 5.32 Å². The van der Waals surface area contributed by atoms with E-state index in [9.17, 15) is 9.90 Å². The van der Waals surface area contributed by atoms with Gasteiger partial charge in [0.15, 0.2) is 0 Å². The third kappa shape index (κ3) is 0.736. The summed E-state index contributed by atoms with van der Waals surface area (Å²) in [6.07, 6.45) is 2.32. The summed E-state index contributed by atoms with van der Waals surface area (Å²) in [6.45, 7) is 0. The number of amides is 1. The quantitative estimate of drug-likeness (QED) is 0.484. The average molecular weight is 141 g/mol. The van der Waals surface area contributed by atoms with Gasteiger partial charge in [-0.2, -0.15) is 0 Å². The zero-order valence-electron chi connectivity index (χ0n) is 5.71. The summed E-state index contributed by atoms with van der Waals surface area (Å²) in [5.41, 5.74) is 0. The Balaban J connectivity index is 2.16. The highest BCUT2D eigenvalue weighted by atomic mass is 16.3. The van der Waals surface area contributed by atoms with Crippen LogP contribution in [0.25, 0.3) is 0 Å². The van der Waals surface area contributed by atoms with Crippen LogP contribution in [0.15, 0.2) is 0 Å². The number of rotatable bonds is 0. The first-order valence-corrected chi connectivity index (χ1v) is 3.76. The van der Waals surface area contributed by atoms with E-state index >= 15 is 0 Å². The Bertz CT molecular complexity index is 169. The van der Waals surface area contributed by atoms with E-state index in [1.165, 1.54) is 0 Å². The van der Waals surface area contributed by atoms with Gasteiger partial charge in [-0.1, -0.05) is 0 Å². The summed E-state index contributed by atoms with van der Waals surface area (Å²) >= 11 is 0. The first-order chi connectivity index (χ1) is 4.77. The van der Waals surface area contributed by atoms with Gasteiger partial charge in [0.1, 0.15) is 0 Å². The number of piperidine rings is 2. The molecule has 3 heteroatoms. The maximum Gasteiger partial charge on any atom is 0.223 e. The smallest absolute Gasteiger partial charge is 0.223 e. The lowest BCUT2D eigenvalue weighted by Gasteiger charge is -2.39. The molecule has 0 aromatic rings.